The normalized spacial score (nSPS) is 10.8. The Kier molecular flexibility index (Phi) is 4.19. The van der Waals surface area contributed by atoms with Gasteiger partial charge in [-0.15, -0.1) is 11.3 Å². The van der Waals surface area contributed by atoms with Crippen molar-refractivity contribution in [3.63, 3.8) is 0 Å². The zero-order valence-electron chi connectivity index (χ0n) is 12.9. The van der Waals surface area contributed by atoms with Gasteiger partial charge in [-0.1, -0.05) is 11.6 Å². The molecule has 0 saturated carbocycles. The summed E-state index contributed by atoms with van der Waals surface area (Å²) in [6, 6.07) is 7.21. The number of anilines is 1. The first-order valence-corrected chi connectivity index (χ1v) is 8.27. The number of benzene rings is 1. The van der Waals surface area contributed by atoms with Gasteiger partial charge in [-0.05, 0) is 45.0 Å². The second-order valence-electron chi connectivity index (χ2n) is 5.19. The van der Waals surface area contributed by atoms with E-state index in [4.69, 9.17) is 11.6 Å². The number of hydrogen-bond donors (Lipinski definition) is 1. The number of amides is 1. The third-order valence-electron chi connectivity index (χ3n) is 3.42. The fraction of sp³-hybridized carbons (Fsp3) is 0.188. The van der Waals surface area contributed by atoms with Crippen LogP contribution in [-0.2, 0) is 0 Å². The van der Waals surface area contributed by atoms with Gasteiger partial charge in [0.15, 0.2) is 5.13 Å². The molecule has 1 N–H and O–H groups in total. The van der Waals surface area contributed by atoms with Crippen LogP contribution in [0.25, 0.3) is 5.69 Å². The molecular weight excluding hydrogens is 332 g/mol. The minimum Gasteiger partial charge on any atom is -0.298 e. The summed E-state index contributed by atoms with van der Waals surface area (Å²) in [7, 11) is 0. The molecule has 2 heterocycles. The van der Waals surface area contributed by atoms with Gasteiger partial charge < -0.3 is 0 Å². The van der Waals surface area contributed by atoms with Gasteiger partial charge in [0.25, 0.3) is 5.91 Å². The molecule has 1 amide bonds. The van der Waals surface area contributed by atoms with Gasteiger partial charge in [-0.3, -0.25) is 10.1 Å². The molecule has 7 heteroatoms. The second-order valence-corrected chi connectivity index (χ2v) is 6.43. The fourth-order valence-corrected chi connectivity index (χ4v) is 3.01. The van der Waals surface area contributed by atoms with Crippen molar-refractivity contribution in [3.05, 3.63) is 57.3 Å². The average Bonchev–Trinajstić information content (AvgIpc) is 3.06. The molecule has 0 unspecified atom stereocenters. The highest BCUT2D eigenvalue weighted by atomic mass is 35.5. The van der Waals surface area contributed by atoms with E-state index in [1.54, 1.807) is 16.8 Å². The van der Waals surface area contributed by atoms with Crippen molar-refractivity contribution in [3.8, 4) is 5.69 Å². The number of thiazole rings is 1. The average molecular weight is 347 g/mol. The Hall–Kier alpha value is -2.18. The molecule has 0 fully saturated rings. The molecular formula is C16H15ClN4OS. The topological polar surface area (TPSA) is 59.8 Å². The van der Waals surface area contributed by atoms with Crippen LogP contribution >= 0.6 is 22.9 Å². The first kappa shape index (κ1) is 15.7. The molecule has 0 radical (unpaired) electrons. The van der Waals surface area contributed by atoms with E-state index in [9.17, 15) is 4.79 Å². The standard InChI is InChI=1S/C16H15ClN4OS/c1-9-8-23-16(18-9)19-15(22)12-4-6-13(7-5-12)21-11(3)14(17)10(2)20-21/h4-8H,1-3H3,(H,18,19,22). The van der Waals surface area contributed by atoms with Gasteiger partial charge in [0.05, 0.1) is 27.8 Å². The van der Waals surface area contributed by atoms with Crippen LogP contribution in [0, 0.1) is 20.8 Å². The lowest BCUT2D eigenvalue weighted by Crippen LogP contribution is -2.12. The first-order valence-electron chi connectivity index (χ1n) is 7.01. The number of halogens is 1. The summed E-state index contributed by atoms with van der Waals surface area (Å²) < 4.78 is 1.77. The molecule has 0 aliphatic heterocycles. The molecule has 3 rings (SSSR count). The number of rotatable bonds is 3. The van der Waals surface area contributed by atoms with E-state index in [0.29, 0.717) is 15.7 Å². The Morgan fingerprint density at radius 1 is 1.22 bits per heavy atom. The van der Waals surface area contributed by atoms with E-state index in [2.05, 4.69) is 15.4 Å². The summed E-state index contributed by atoms with van der Waals surface area (Å²) in [5.74, 6) is -0.183. The molecule has 0 atom stereocenters. The Morgan fingerprint density at radius 3 is 2.43 bits per heavy atom. The van der Waals surface area contributed by atoms with Crippen LogP contribution in [0.15, 0.2) is 29.6 Å². The summed E-state index contributed by atoms with van der Waals surface area (Å²) in [5.41, 5.74) is 3.97. The van der Waals surface area contributed by atoms with E-state index in [1.807, 2.05) is 38.3 Å². The fourth-order valence-electron chi connectivity index (χ4n) is 2.21. The van der Waals surface area contributed by atoms with E-state index in [0.717, 1.165) is 22.8 Å². The maximum Gasteiger partial charge on any atom is 0.257 e. The summed E-state index contributed by atoms with van der Waals surface area (Å²) in [6.07, 6.45) is 0. The highest BCUT2D eigenvalue weighted by molar-refractivity contribution is 7.13. The van der Waals surface area contributed by atoms with Crippen LogP contribution in [0.2, 0.25) is 5.02 Å². The van der Waals surface area contributed by atoms with Crippen LogP contribution < -0.4 is 5.32 Å². The summed E-state index contributed by atoms with van der Waals surface area (Å²) in [5, 5.41) is 10.3. The molecule has 0 saturated heterocycles. The number of nitrogens with one attached hydrogen (secondary N) is 1. The summed E-state index contributed by atoms with van der Waals surface area (Å²) >= 11 is 7.58. The minimum atomic E-state index is -0.183. The second kappa shape index (κ2) is 6.14. The van der Waals surface area contributed by atoms with Crippen molar-refractivity contribution in [2.24, 2.45) is 0 Å². The highest BCUT2D eigenvalue weighted by Crippen LogP contribution is 2.23. The smallest absolute Gasteiger partial charge is 0.257 e. The van der Waals surface area contributed by atoms with Gasteiger partial charge in [0.1, 0.15) is 0 Å². The van der Waals surface area contributed by atoms with E-state index < -0.39 is 0 Å². The van der Waals surface area contributed by atoms with Crippen molar-refractivity contribution in [1.29, 1.82) is 0 Å². The molecule has 0 spiro atoms. The van der Waals surface area contributed by atoms with Crippen molar-refractivity contribution in [2.75, 3.05) is 5.32 Å². The number of aryl methyl sites for hydroxylation is 2. The predicted octanol–water partition coefficient (Wildman–Crippen LogP) is 4.16. The lowest BCUT2D eigenvalue weighted by molar-refractivity contribution is 0.102. The molecule has 0 bridgehead atoms. The van der Waals surface area contributed by atoms with Gasteiger partial charge in [0.2, 0.25) is 0 Å². The van der Waals surface area contributed by atoms with Crippen LogP contribution in [0.1, 0.15) is 27.4 Å². The van der Waals surface area contributed by atoms with E-state index >= 15 is 0 Å². The molecule has 3 aromatic rings. The molecule has 118 valence electrons. The maximum atomic E-state index is 12.2. The summed E-state index contributed by atoms with van der Waals surface area (Å²) in [6.45, 7) is 5.66. The lowest BCUT2D eigenvalue weighted by atomic mass is 10.2. The largest absolute Gasteiger partial charge is 0.298 e. The molecule has 5 nitrogen and oxygen atoms in total. The molecule has 23 heavy (non-hydrogen) atoms. The Bertz CT molecular complexity index is 867. The zero-order chi connectivity index (χ0) is 16.6. The van der Waals surface area contributed by atoms with Crippen molar-refractivity contribution < 1.29 is 4.79 Å². The third kappa shape index (κ3) is 3.13. The van der Waals surface area contributed by atoms with Gasteiger partial charge in [-0.2, -0.15) is 5.10 Å². The molecule has 0 aliphatic rings. The number of hydrogen-bond acceptors (Lipinski definition) is 4. The van der Waals surface area contributed by atoms with Crippen LogP contribution in [-0.4, -0.2) is 20.7 Å². The Labute approximate surface area is 142 Å². The van der Waals surface area contributed by atoms with Gasteiger partial charge >= 0.3 is 0 Å². The number of aromatic nitrogens is 3. The van der Waals surface area contributed by atoms with E-state index in [-0.39, 0.29) is 5.91 Å². The monoisotopic (exact) mass is 346 g/mol. The maximum absolute atomic E-state index is 12.2. The zero-order valence-corrected chi connectivity index (χ0v) is 14.5. The Morgan fingerprint density at radius 2 is 1.91 bits per heavy atom. The Balaban J connectivity index is 1.81. The quantitative estimate of drug-likeness (QED) is 0.774. The number of carbonyl (C=O) groups is 1. The van der Waals surface area contributed by atoms with E-state index in [1.165, 1.54) is 11.3 Å². The molecule has 2 aromatic heterocycles. The minimum absolute atomic E-state index is 0.183. The number of nitrogens with zero attached hydrogens (tertiary/aromatic N) is 3. The third-order valence-corrected chi connectivity index (χ3v) is 4.84. The molecule has 0 aliphatic carbocycles. The van der Waals surface area contributed by atoms with Gasteiger partial charge in [-0.25, -0.2) is 9.67 Å². The van der Waals surface area contributed by atoms with Crippen molar-refractivity contribution in [2.45, 2.75) is 20.8 Å². The predicted molar refractivity (Wildman–Crippen MR) is 92.9 cm³/mol. The van der Waals surface area contributed by atoms with Crippen LogP contribution in [0.3, 0.4) is 0 Å². The van der Waals surface area contributed by atoms with Crippen LogP contribution in [0.4, 0.5) is 5.13 Å². The van der Waals surface area contributed by atoms with Crippen molar-refractivity contribution in [1.82, 2.24) is 14.8 Å². The lowest BCUT2D eigenvalue weighted by Gasteiger charge is -2.06. The van der Waals surface area contributed by atoms with Gasteiger partial charge in [0, 0.05) is 10.9 Å². The SMILES string of the molecule is Cc1csc(NC(=O)c2ccc(-n3nc(C)c(Cl)c3C)cc2)n1. The van der Waals surface area contributed by atoms with Crippen LogP contribution in [0.5, 0.6) is 0 Å². The summed E-state index contributed by atoms with van der Waals surface area (Å²) in [4.78, 5) is 16.4. The first-order chi connectivity index (χ1) is 11.0. The van der Waals surface area contributed by atoms with Crippen molar-refractivity contribution >= 4 is 34.0 Å². The number of carbonyl (C=O) groups excluding carboxylic acids is 1. The molecule has 1 aromatic carbocycles. The highest BCUT2D eigenvalue weighted by Gasteiger charge is 2.12.